The van der Waals surface area contributed by atoms with Gasteiger partial charge < -0.3 is 10.0 Å². The van der Waals surface area contributed by atoms with Gasteiger partial charge in [-0.3, -0.25) is 0 Å². The molecule has 98 valence electrons. The first-order valence-electron chi connectivity index (χ1n) is 7.14. The lowest BCUT2D eigenvalue weighted by Crippen LogP contribution is -2.38. The molecule has 2 heteroatoms. The van der Waals surface area contributed by atoms with Crippen molar-refractivity contribution in [1.82, 2.24) is 0 Å². The second kappa shape index (κ2) is 4.27. The molecule has 0 bridgehead atoms. The first-order chi connectivity index (χ1) is 8.54. The maximum atomic E-state index is 10.0. The van der Waals surface area contributed by atoms with E-state index in [9.17, 15) is 5.11 Å². The summed E-state index contributed by atoms with van der Waals surface area (Å²) in [6.07, 6.45) is 6.01. The molecule has 3 rings (SSSR count). The van der Waals surface area contributed by atoms with Crippen LogP contribution in [0.5, 0.6) is 0 Å². The predicted octanol–water partition coefficient (Wildman–Crippen LogP) is 2.92. The third-order valence-corrected chi connectivity index (χ3v) is 4.30. The first kappa shape index (κ1) is 12.0. The van der Waals surface area contributed by atoms with Gasteiger partial charge in [-0.15, -0.1) is 0 Å². The van der Waals surface area contributed by atoms with Gasteiger partial charge in [-0.1, -0.05) is 12.1 Å². The van der Waals surface area contributed by atoms with E-state index in [1.807, 2.05) is 13.8 Å². The topological polar surface area (TPSA) is 23.5 Å². The number of anilines is 1. The number of aliphatic hydroxyl groups is 1. The molecule has 1 aromatic carbocycles. The summed E-state index contributed by atoms with van der Waals surface area (Å²) < 4.78 is 0. The fourth-order valence-electron chi connectivity index (χ4n) is 3.24. The van der Waals surface area contributed by atoms with E-state index in [0.29, 0.717) is 0 Å². The first-order valence-corrected chi connectivity index (χ1v) is 7.14. The van der Waals surface area contributed by atoms with Gasteiger partial charge in [-0.25, -0.2) is 0 Å². The third kappa shape index (κ3) is 2.14. The van der Waals surface area contributed by atoms with Gasteiger partial charge in [0.15, 0.2) is 0 Å². The van der Waals surface area contributed by atoms with Crippen LogP contribution in [0.25, 0.3) is 0 Å². The molecule has 1 N–H and O–H groups in total. The highest BCUT2D eigenvalue weighted by atomic mass is 16.3. The van der Waals surface area contributed by atoms with E-state index in [1.165, 1.54) is 42.6 Å². The Morgan fingerprint density at radius 3 is 2.72 bits per heavy atom. The summed E-state index contributed by atoms with van der Waals surface area (Å²) in [5.41, 5.74) is 3.63. The average Bonchev–Trinajstić information content (AvgIpc) is 2.58. The highest BCUT2D eigenvalue weighted by Gasteiger charge is 2.31. The Bertz CT molecular complexity index is 443. The predicted molar refractivity (Wildman–Crippen MR) is 75.1 cm³/mol. The molecule has 18 heavy (non-hydrogen) atoms. The summed E-state index contributed by atoms with van der Waals surface area (Å²) in [6.45, 7) is 4.96. The Balaban J connectivity index is 1.88. The maximum absolute atomic E-state index is 10.0. The number of hydrogen-bond donors (Lipinski definition) is 1. The van der Waals surface area contributed by atoms with Crippen LogP contribution in [0.2, 0.25) is 0 Å². The molecule has 1 aliphatic heterocycles. The van der Waals surface area contributed by atoms with Crippen molar-refractivity contribution in [3.05, 3.63) is 29.3 Å². The van der Waals surface area contributed by atoms with Crippen LogP contribution in [0.4, 0.5) is 5.69 Å². The molecule has 0 radical (unpaired) electrons. The van der Waals surface area contributed by atoms with Gasteiger partial charge in [0.25, 0.3) is 0 Å². The van der Waals surface area contributed by atoms with E-state index < -0.39 is 5.60 Å². The number of hydrogen-bond acceptors (Lipinski definition) is 2. The number of rotatable bonds is 3. The Hall–Kier alpha value is -1.02. The molecule has 1 saturated carbocycles. The van der Waals surface area contributed by atoms with E-state index in [1.54, 1.807) is 0 Å². The van der Waals surface area contributed by atoms with Gasteiger partial charge in [0.05, 0.1) is 5.60 Å². The van der Waals surface area contributed by atoms with Gasteiger partial charge >= 0.3 is 0 Å². The van der Waals surface area contributed by atoms with Crippen LogP contribution >= 0.6 is 0 Å². The van der Waals surface area contributed by atoms with Crippen LogP contribution in [0, 0.1) is 0 Å². The minimum absolute atomic E-state index is 0.612. The standard InChI is InChI=1S/C16H23NO/c1-16(2,18)11-12-5-3-8-15-14(12)9-10-17(15)13-6-4-7-13/h3,5,8,13,18H,4,6-7,9-11H2,1-2H3. The molecule has 0 atom stereocenters. The molecule has 1 aliphatic carbocycles. The van der Waals surface area contributed by atoms with E-state index in [4.69, 9.17) is 0 Å². The smallest absolute Gasteiger partial charge is 0.0632 e. The molecule has 2 aliphatic rings. The van der Waals surface area contributed by atoms with Gasteiger partial charge in [-0.05, 0) is 56.7 Å². The van der Waals surface area contributed by atoms with Crippen molar-refractivity contribution in [1.29, 1.82) is 0 Å². The summed E-state index contributed by atoms with van der Waals surface area (Å²) in [6, 6.07) is 7.37. The summed E-state index contributed by atoms with van der Waals surface area (Å²) in [7, 11) is 0. The van der Waals surface area contributed by atoms with Gasteiger partial charge in [0.2, 0.25) is 0 Å². The summed E-state index contributed by atoms with van der Waals surface area (Å²) in [5.74, 6) is 0. The fourth-order valence-corrected chi connectivity index (χ4v) is 3.24. The zero-order valence-electron chi connectivity index (χ0n) is 11.4. The SMILES string of the molecule is CC(C)(O)Cc1cccc2c1CCN2C1CCC1. The lowest BCUT2D eigenvalue weighted by molar-refractivity contribution is 0.0808. The Kier molecular flexibility index (Phi) is 2.86. The van der Waals surface area contributed by atoms with Crippen molar-refractivity contribution in [2.75, 3.05) is 11.4 Å². The molecular weight excluding hydrogens is 222 g/mol. The van der Waals surface area contributed by atoms with Crippen molar-refractivity contribution < 1.29 is 5.11 Å². The highest BCUT2D eigenvalue weighted by Crippen LogP contribution is 2.38. The third-order valence-electron chi connectivity index (χ3n) is 4.30. The van der Waals surface area contributed by atoms with Crippen molar-refractivity contribution in [2.45, 2.75) is 57.6 Å². The van der Waals surface area contributed by atoms with Crippen molar-refractivity contribution in [3.63, 3.8) is 0 Å². The largest absolute Gasteiger partial charge is 0.390 e. The Labute approximate surface area is 110 Å². The van der Waals surface area contributed by atoms with E-state index >= 15 is 0 Å². The van der Waals surface area contributed by atoms with Crippen molar-refractivity contribution >= 4 is 5.69 Å². The van der Waals surface area contributed by atoms with Crippen LogP contribution in [-0.4, -0.2) is 23.3 Å². The van der Waals surface area contributed by atoms with Gasteiger partial charge in [-0.2, -0.15) is 0 Å². The maximum Gasteiger partial charge on any atom is 0.0632 e. The summed E-state index contributed by atoms with van der Waals surface area (Å²) in [5, 5.41) is 10.0. The van der Waals surface area contributed by atoms with Crippen LogP contribution in [-0.2, 0) is 12.8 Å². The summed E-state index contributed by atoms with van der Waals surface area (Å²) >= 11 is 0. The minimum Gasteiger partial charge on any atom is -0.390 e. The van der Waals surface area contributed by atoms with Crippen LogP contribution in [0.15, 0.2) is 18.2 Å². The number of nitrogens with zero attached hydrogens (tertiary/aromatic N) is 1. The molecular formula is C16H23NO. The zero-order valence-corrected chi connectivity index (χ0v) is 11.4. The van der Waals surface area contributed by atoms with E-state index in [2.05, 4.69) is 23.1 Å². The normalized spacial score (nSPS) is 19.8. The van der Waals surface area contributed by atoms with Crippen molar-refractivity contribution in [3.8, 4) is 0 Å². The quantitative estimate of drug-likeness (QED) is 0.885. The molecule has 0 spiro atoms. The van der Waals surface area contributed by atoms with Crippen LogP contribution in [0.3, 0.4) is 0 Å². The molecule has 2 nitrogen and oxygen atoms in total. The van der Waals surface area contributed by atoms with Crippen molar-refractivity contribution in [2.24, 2.45) is 0 Å². The Morgan fingerprint density at radius 1 is 1.33 bits per heavy atom. The molecule has 1 fully saturated rings. The zero-order chi connectivity index (χ0) is 12.8. The monoisotopic (exact) mass is 245 g/mol. The lowest BCUT2D eigenvalue weighted by Gasteiger charge is -2.36. The molecule has 0 amide bonds. The number of benzene rings is 1. The minimum atomic E-state index is -0.612. The van der Waals surface area contributed by atoms with E-state index in [-0.39, 0.29) is 0 Å². The van der Waals surface area contributed by atoms with E-state index in [0.717, 1.165) is 18.9 Å². The average molecular weight is 245 g/mol. The summed E-state index contributed by atoms with van der Waals surface area (Å²) in [4.78, 5) is 2.59. The lowest BCUT2D eigenvalue weighted by atomic mass is 9.91. The molecule has 0 saturated heterocycles. The molecule has 1 aromatic rings. The van der Waals surface area contributed by atoms with Gasteiger partial charge in [0.1, 0.15) is 0 Å². The molecule has 1 heterocycles. The second-order valence-electron chi connectivity index (χ2n) is 6.43. The second-order valence-corrected chi connectivity index (χ2v) is 6.43. The van der Waals surface area contributed by atoms with Crippen LogP contribution in [0.1, 0.15) is 44.2 Å². The highest BCUT2D eigenvalue weighted by molar-refractivity contribution is 5.62. The number of fused-ring (bicyclic) bond motifs is 1. The van der Waals surface area contributed by atoms with Gasteiger partial charge in [0, 0.05) is 24.7 Å². The molecule has 0 aromatic heterocycles. The molecule has 0 unspecified atom stereocenters. The fraction of sp³-hybridized carbons (Fsp3) is 0.625. The Morgan fingerprint density at radius 2 is 2.11 bits per heavy atom. The van der Waals surface area contributed by atoms with Crippen LogP contribution < -0.4 is 4.90 Å².